The normalized spacial score (nSPS) is 12.9. The number of methoxy groups -OCH3 is 2. The van der Waals surface area contributed by atoms with Crippen LogP contribution in [0.4, 0.5) is 19.0 Å². The van der Waals surface area contributed by atoms with Crippen LogP contribution in [0.15, 0.2) is 36.5 Å². The average Bonchev–Trinajstić information content (AvgIpc) is 2.68. The van der Waals surface area contributed by atoms with Gasteiger partial charge in [-0.2, -0.15) is 18.3 Å². The first-order valence-corrected chi connectivity index (χ1v) is 9.44. The molecule has 0 aliphatic heterocycles. The number of anilines is 1. The molecule has 0 spiro atoms. The maximum absolute atomic E-state index is 13.3. The number of fused-ring (bicyclic) bond motifs is 1. The molecule has 3 rings (SSSR count). The smallest absolute Gasteiger partial charge is 0.380 e. The number of hydrogen-bond donors (Lipinski definition) is 1. The Hall–Kier alpha value is -2.71. The van der Waals surface area contributed by atoms with Crippen molar-refractivity contribution >= 4 is 16.6 Å². The van der Waals surface area contributed by atoms with Gasteiger partial charge in [0.25, 0.3) is 0 Å². The van der Waals surface area contributed by atoms with Crippen molar-refractivity contribution in [2.75, 3.05) is 19.5 Å². The molecule has 8 heteroatoms. The number of hydrogen-bond acceptors (Lipinski definition) is 5. The third-order valence-corrected chi connectivity index (χ3v) is 5.08. The van der Waals surface area contributed by atoms with E-state index in [1.807, 2.05) is 12.1 Å². The molecule has 3 aromatic rings. The van der Waals surface area contributed by atoms with Gasteiger partial charge in [-0.15, -0.1) is 5.10 Å². The van der Waals surface area contributed by atoms with Crippen LogP contribution in [0.25, 0.3) is 10.8 Å². The summed E-state index contributed by atoms with van der Waals surface area (Å²) in [6.45, 7) is 4.12. The average molecular weight is 419 g/mol. The van der Waals surface area contributed by atoms with Gasteiger partial charge in [-0.1, -0.05) is 12.1 Å². The quantitative estimate of drug-likeness (QED) is 0.554. The van der Waals surface area contributed by atoms with Gasteiger partial charge in [-0.05, 0) is 54.3 Å². The van der Waals surface area contributed by atoms with Crippen molar-refractivity contribution < 1.29 is 22.6 Å². The molecule has 0 fully saturated rings. The van der Waals surface area contributed by atoms with Crippen molar-refractivity contribution in [2.45, 2.75) is 39.3 Å². The topological polar surface area (TPSA) is 56.3 Å². The Bertz CT molecular complexity index is 1040. The van der Waals surface area contributed by atoms with Gasteiger partial charge in [0, 0.05) is 25.0 Å². The first-order valence-electron chi connectivity index (χ1n) is 9.44. The van der Waals surface area contributed by atoms with Crippen molar-refractivity contribution in [3.05, 3.63) is 64.3 Å². The summed E-state index contributed by atoms with van der Waals surface area (Å²) >= 11 is 0. The molecule has 0 radical (unpaired) electrons. The molecule has 2 aromatic carbocycles. The SMILES string of the molecule is COCc1cc2cnnc(N[C@H](C)c3cccc(C(F)(F)F)c3C)c2cc1COC. The summed E-state index contributed by atoms with van der Waals surface area (Å²) in [6.07, 6.45) is -2.75. The standard InChI is InChI=1S/C22H24F3N3O2/c1-13-18(6-5-7-20(13)22(23,24)25)14(2)27-21-19-9-17(12-30-4)16(11-29-3)8-15(19)10-26-28-21/h5-10,14H,11-12H2,1-4H3,(H,27,28)/t14-/m1/s1. The highest BCUT2D eigenvalue weighted by Crippen LogP contribution is 2.35. The third kappa shape index (κ3) is 4.55. The fourth-order valence-electron chi connectivity index (χ4n) is 3.62. The number of benzene rings is 2. The molecule has 0 amide bonds. The van der Waals surface area contributed by atoms with E-state index < -0.39 is 17.8 Å². The van der Waals surface area contributed by atoms with E-state index in [4.69, 9.17) is 9.47 Å². The number of halogens is 3. The van der Waals surface area contributed by atoms with Crippen molar-refractivity contribution in [1.82, 2.24) is 10.2 Å². The van der Waals surface area contributed by atoms with Gasteiger partial charge in [-0.3, -0.25) is 0 Å². The molecule has 0 unspecified atom stereocenters. The van der Waals surface area contributed by atoms with E-state index in [2.05, 4.69) is 15.5 Å². The molecular formula is C22H24F3N3O2. The van der Waals surface area contributed by atoms with Crippen LogP contribution in [0.5, 0.6) is 0 Å². The Morgan fingerprint density at radius 3 is 2.37 bits per heavy atom. The summed E-state index contributed by atoms with van der Waals surface area (Å²) in [6, 6.07) is 7.72. The first-order chi connectivity index (χ1) is 14.3. The molecule has 160 valence electrons. The lowest BCUT2D eigenvalue weighted by Crippen LogP contribution is -2.14. The molecule has 30 heavy (non-hydrogen) atoms. The molecule has 1 N–H and O–H groups in total. The van der Waals surface area contributed by atoms with Gasteiger partial charge in [0.1, 0.15) is 0 Å². The number of nitrogens with zero attached hydrogens (tertiary/aromatic N) is 2. The van der Waals surface area contributed by atoms with Gasteiger partial charge in [0.2, 0.25) is 0 Å². The Balaban J connectivity index is 2.01. The second-order valence-corrected chi connectivity index (χ2v) is 7.15. The molecule has 1 aromatic heterocycles. The molecule has 0 aliphatic carbocycles. The van der Waals surface area contributed by atoms with Crippen LogP contribution in [-0.2, 0) is 28.9 Å². The van der Waals surface area contributed by atoms with Crippen LogP contribution < -0.4 is 5.32 Å². The molecule has 0 saturated carbocycles. The van der Waals surface area contributed by atoms with Crippen LogP contribution in [0, 0.1) is 6.92 Å². The predicted octanol–water partition coefficient (Wildman–Crippen LogP) is 5.42. The van der Waals surface area contributed by atoms with E-state index in [0.717, 1.165) is 28.0 Å². The Morgan fingerprint density at radius 1 is 1.07 bits per heavy atom. The number of ether oxygens (including phenoxy) is 2. The first kappa shape index (κ1) is 22.0. The summed E-state index contributed by atoms with van der Waals surface area (Å²) in [4.78, 5) is 0. The summed E-state index contributed by atoms with van der Waals surface area (Å²) in [5.74, 6) is 0.498. The third-order valence-electron chi connectivity index (χ3n) is 5.08. The largest absolute Gasteiger partial charge is 0.416 e. The second kappa shape index (κ2) is 8.97. The fraction of sp³-hybridized carbons (Fsp3) is 0.364. The summed E-state index contributed by atoms with van der Waals surface area (Å²) in [7, 11) is 3.24. The molecule has 1 atom stereocenters. The molecule has 5 nitrogen and oxygen atoms in total. The summed E-state index contributed by atoms with van der Waals surface area (Å²) in [5, 5.41) is 13.1. The highest BCUT2D eigenvalue weighted by molar-refractivity contribution is 5.92. The number of alkyl halides is 3. The minimum absolute atomic E-state index is 0.195. The van der Waals surface area contributed by atoms with E-state index in [-0.39, 0.29) is 5.56 Å². The van der Waals surface area contributed by atoms with E-state index in [1.54, 1.807) is 33.4 Å². The Labute approximate surface area is 173 Å². The molecule has 0 saturated heterocycles. The number of nitrogens with one attached hydrogen (secondary N) is 1. The molecule has 1 heterocycles. The monoisotopic (exact) mass is 419 g/mol. The van der Waals surface area contributed by atoms with E-state index in [0.29, 0.717) is 24.6 Å². The van der Waals surface area contributed by atoms with Gasteiger partial charge in [-0.25, -0.2) is 0 Å². The van der Waals surface area contributed by atoms with Crippen LogP contribution in [0.3, 0.4) is 0 Å². The van der Waals surface area contributed by atoms with E-state index >= 15 is 0 Å². The predicted molar refractivity (Wildman–Crippen MR) is 109 cm³/mol. The molecule has 0 aliphatic rings. The van der Waals surface area contributed by atoms with Crippen LogP contribution in [0.2, 0.25) is 0 Å². The zero-order valence-electron chi connectivity index (χ0n) is 17.3. The van der Waals surface area contributed by atoms with Gasteiger partial charge < -0.3 is 14.8 Å². The maximum atomic E-state index is 13.3. The fourth-order valence-corrected chi connectivity index (χ4v) is 3.62. The lowest BCUT2D eigenvalue weighted by atomic mass is 9.97. The molecule has 0 bridgehead atoms. The van der Waals surface area contributed by atoms with Crippen LogP contribution in [-0.4, -0.2) is 24.4 Å². The van der Waals surface area contributed by atoms with Crippen molar-refractivity contribution in [1.29, 1.82) is 0 Å². The molecular weight excluding hydrogens is 395 g/mol. The Morgan fingerprint density at radius 2 is 1.73 bits per heavy atom. The zero-order chi connectivity index (χ0) is 21.9. The number of aromatic nitrogens is 2. The van der Waals surface area contributed by atoms with Gasteiger partial charge in [0.15, 0.2) is 5.82 Å². The van der Waals surface area contributed by atoms with Crippen molar-refractivity contribution in [3.8, 4) is 0 Å². The van der Waals surface area contributed by atoms with Gasteiger partial charge >= 0.3 is 6.18 Å². The lowest BCUT2D eigenvalue weighted by Gasteiger charge is -2.21. The van der Waals surface area contributed by atoms with Crippen molar-refractivity contribution in [3.63, 3.8) is 0 Å². The minimum atomic E-state index is -4.40. The van der Waals surface area contributed by atoms with Crippen LogP contribution in [0.1, 0.15) is 40.8 Å². The Kier molecular flexibility index (Phi) is 6.58. The van der Waals surface area contributed by atoms with Gasteiger partial charge in [0.05, 0.1) is 31.0 Å². The summed E-state index contributed by atoms with van der Waals surface area (Å²) in [5.41, 5.74) is 2.04. The zero-order valence-corrected chi connectivity index (χ0v) is 17.3. The second-order valence-electron chi connectivity index (χ2n) is 7.15. The van der Waals surface area contributed by atoms with Crippen LogP contribution >= 0.6 is 0 Å². The highest BCUT2D eigenvalue weighted by Gasteiger charge is 2.33. The minimum Gasteiger partial charge on any atom is -0.380 e. The number of rotatable bonds is 7. The maximum Gasteiger partial charge on any atom is 0.416 e. The van der Waals surface area contributed by atoms with Crippen molar-refractivity contribution in [2.24, 2.45) is 0 Å². The van der Waals surface area contributed by atoms with E-state index in [1.165, 1.54) is 13.0 Å². The highest BCUT2D eigenvalue weighted by atomic mass is 19.4. The van der Waals surface area contributed by atoms with E-state index in [9.17, 15) is 13.2 Å². The summed E-state index contributed by atoms with van der Waals surface area (Å²) < 4.78 is 50.4. The lowest BCUT2D eigenvalue weighted by molar-refractivity contribution is -0.138.